The summed E-state index contributed by atoms with van der Waals surface area (Å²) in [6.07, 6.45) is 1.13. The van der Waals surface area contributed by atoms with E-state index in [1.807, 2.05) is 32.9 Å². The molecule has 1 N–H and O–H groups in total. The molecule has 146 valence electrons. The van der Waals surface area contributed by atoms with E-state index < -0.39 is 10.0 Å². The molecule has 1 fully saturated rings. The first-order valence-electron chi connectivity index (χ1n) is 8.81. The number of hydrogen-bond donors (Lipinski definition) is 1. The van der Waals surface area contributed by atoms with Crippen molar-refractivity contribution in [3.05, 3.63) is 28.8 Å². The van der Waals surface area contributed by atoms with Gasteiger partial charge in [-0.1, -0.05) is 17.7 Å². The Labute approximate surface area is 156 Å². The van der Waals surface area contributed by atoms with Gasteiger partial charge >= 0.3 is 0 Å². The van der Waals surface area contributed by atoms with Crippen LogP contribution in [0.3, 0.4) is 0 Å². The average Bonchev–Trinajstić information content (AvgIpc) is 2.53. The van der Waals surface area contributed by atoms with Crippen LogP contribution in [0.2, 0.25) is 0 Å². The van der Waals surface area contributed by atoms with Crippen molar-refractivity contribution in [2.45, 2.75) is 20.8 Å². The number of aryl methyl sites for hydroxylation is 3. The number of hydrogen-bond acceptors (Lipinski definition) is 5. The second-order valence-electron chi connectivity index (χ2n) is 6.82. The lowest BCUT2D eigenvalue weighted by Gasteiger charge is -2.27. The summed E-state index contributed by atoms with van der Waals surface area (Å²) in [4.78, 5) is 14.6. The zero-order valence-electron chi connectivity index (χ0n) is 16.0. The highest BCUT2D eigenvalue weighted by molar-refractivity contribution is 7.92. The monoisotopic (exact) mass is 383 g/mol. The van der Waals surface area contributed by atoms with Gasteiger partial charge in [0.1, 0.15) is 6.54 Å². The van der Waals surface area contributed by atoms with Crippen molar-refractivity contribution in [3.63, 3.8) is 0 Å². The average molecular weight is 384 g/mol. The lowest BCUT2D eigenvalue weighted by atomic mass is 10.1. The van der Waals surface area contributed by atoms with Crippen molar-refractivity contribution in [2.75, 3.05) is 56.5 Å². The largest absolute Gasteiger partial charge is 0.379 e. The molecule has 1 amide bonds. The van der Waals surface area contributed by atoms with Gasteiger partial charge in [0.25, 0.3) is 0 Å². The molecule has 26 heavy (non-hydrogen) atoms. The van der Waals surface area contributed by atoms with Crippen LogP contribution in [-0.2, 0) is 19.6 Å². The molecule has 7 nitrogen and oxygen atoms in total. The van der Waals surface area contributed by atoms with Gasteiger partial charge in [-0.15, -0.1) is 0 Å². The summed E-state index contributed by atoms with van der Waals surface area (Å²) in [5, 5.41) is 2.83. The number of morpholine rings is 1. The molecule has 1 heterocycles. The second kappa shape index (κ2) is 8.83. The third kappa shape index (κ3) is 5.69. The normalized spacial score (nSPS) is 15.7. The van der Waals surface area contributed by atoms with Crippen LogP contribution in [0.1, 0.15) is 16.7 Å². The predicted octanol–water partition coefficient (Wildman–Crippen LogP) is 0.826. The highest BCUT2D eigenvalue weighted by atomic mass is 32.2. The van der Waals surface area contributed by atoms with Crippen LogP contribution in [0.4, 0.5) is 5.69 Å². The number of anilines is 1. The topological polar surface area (TPSA) is 79.0 Å². The summed E-state index contributed by atoms with van der Waals surface area (Å²) in [5.74, 6) is -0.303. The lowest BCUT2D eigenvalue weighted by molar-refractivity contribution is -0.119. The summed E-state index contributed by atoms with van der Waals surface area (Å²) in [7, 11) is -3.57. The fourth-order valence-corrected chi connectivity index (χ4v) is 4.26. The van der Waals surface area contributed by atoms with Crippen molar-refractivity contribution < 1.29 is 17.9 Å². The maximum Gasteiger partial charge on any atom is 0.240 e. The zero-order valence-corrected chi connectivity index (χ0v) is 16.9. The predicted molar refractivity (Wildman–Crippen MR) is 103 cm³/mol. The van der Waals surface area contributed by atoms with Crippen LogP contribution >= 0.6 is 0 Å². The van der Waals surface area contributed by atoms with E-state index in [1.54, 1.807) is 0 Å². The molecule has 0 unspecified atom stereocenters. The van der Waals surface area contributed by atoms with Crippen molar-refractivity contribution in [1.82, 2.24) is 10.2 Å². The maximum atomic E-state index is 12.3. The second-order valence-corrected chi connectivity index (χ2v) is 8.73. The van der Waals surface area contributed by atoms with E-state index in [4.69, 9.17) is 4.74 Å². The van der Waals surface area contributed by atoms with Crippen LogP contribution in [0.25, 0.3) is 0 Å². The van der Waals surface area contributed by atoms with Gasteiger partial charge in [-0.05, 0) is 31.9 Å². The Hall–Kier alpha value is -1.64. The molecule has 1 aliphatic heterocycles. The minimum absolute atomic E-state index is 0.216. The fraction of sp³-hybridized carbons (Fsp3) is 0.611. The molecule has 8 heteroatoms. The Morgan fingerprint density at radius 3 is 2.31 bits per heavy atom. The van der Waals surface area contributed by atoms with Gasteiger partial charge in [-0.3, -0.25) is 14.0 Å². The molecule has 0 spiro atoms. The standard InChI is InChI=1S/C18H29N3O4S/c1-14-11-15(2)18(16(3)12-14)21(26(4,23)24)13-17(22)19-5-6-20-7-9-25-10-8-20/h11-12H,5-10,13H2,1-4H3,(H,19,22). The zero-order chi connectivity index (χ0) is 19.3. The molecule has 1 aliphatic rings. The number of ether oxygens (including phenoxy) is 1. The van der Waals surface area contributed by atoms with Crippen molar-refractivity contribution in [1.29, 1.82) is 0 Å². The number of carbonyl (C=O) groups excluding carboxylic acids is 1. The van der Waals surface area contributed by atoms with Gasteiger partial charge in [-0.2, -0.15) is 0 Å². The number of carbonyl (C=O) groups is 1. The van der Waals surface area contributed by atoms with E-state index in [0.717, 1.165) is 42.6 Å². The van der Waals surface area contributed by atoms with Gasteiger partial charge in [0, 0.05) is 26.2 Å². The highest BCUT2D eigenvalue weighted by Gasteiger charge is 2.24. The van der Waals surface area contributed by atoms with E-state index in [9.17, 15) is 13.2 Å². The smallest absolute Gasteiger partial charge is 0.240 e. The highest BCUT2D eigenvalue weighted by Crippen LogP contribution is 2.28. The van der Waals surface area contributed by atoms with Gasteiger partial charge in [0.05, 0.1) is 25.2 Å². The van der Waals surface area contributed by atoms with E-state index in [1.165, 1.54) is 4.31 Å². The quantitative estimate of drug-likeness (QED) is 0.754. The summed E-state index contributed by atoms with van der Waals surface area (Å²) < 4.78 is 31.1. The number of nitrogens with one attached hydrogen (secondary N) is 1. The molecule has 0 aliphatic carbocycles. The molecule has 1 aromatic rings. The molecule has 0 atom stereocenters. The molecule has 2 rings (SSSR count). The van der Waals surface area contributed by atoms with E-state index in [0.29, 0.717) is 25.4 Å². The van der Waals surface area contributed by atoms with E-state index in [2.05, 4.69) is 10.2 Å². The first kappa shape index (κ1) is 20.7. The molecular formula is C18H29N3O4S. The SMILES string of the molecule is Cc1cc(C)c(N(CC(=O)NCCN2CCOCC2)S(C)(=O)=O)c(C)c1. The van der Waals surface area contributed by atoms with Gasteiger partial charge in [-0.25, -0.2) is 8.42 Å². The molecule has 0 aromatic heterocycles. The number of benzene rings is 1. The Morgan fingerprint density at radius 2 is 1.77 bits per heavy atom. The Morgan fingerprint density at radius 1 is 1.19 bits per heavy atom. The Kier molecular flexibility index (Phi) is 7.02. The summed E-state index contributed by atoms with van der Waals surface area (Å²) >= 11 is 0. The van der Waals surface area contributed by atoms with Crippen LogP contribution in [0, 0.1) is 20.8 Å². The summed E-state index contributed by atoms with van der Waals surface area (Å²) in [6, 6.07) is 3.85. The van der Waals surface area contributed by atoms with E-state index in [-0.39, 0.29) is 12.5 Å². The number of rotatable bonds is 7. The molecule has 0 saturated carbocycles. The maximum absolute atomic E-state index is 12.3. The molecular weight excluding hydrogens is 354 g/mol. The van der Waals surface area contributed by atoms with Crippen molar-refractivity contribution in [3.8, 4) is 0 Å². The van der Waals surface area contributed by atoms with Crippen molar-refractivity contribution in [2.24, 2.45) is 0 Å². The number of amides is 1. The van der Waals surface area contributed by atoms with Gasteiger partial charge in [0.2, 0.25) is 15.9 Å². The Balaban J connectivity index is 2.03. The molecule has 1 aromatic carbocycles. The summed E-state index contributed by atoms with van der Waals surface area (Å²) in [5.41, 5.74) is 3.33. The molecule has 1 saturated heterocycles. The first-order valence-corrected chi connectivity index (χ1v) is 10.7. The van der Waals surface area contributed by atoms with Crippen molar-refractivity contribution >= 4 is 21.6 Å². The first-order chi connectivity index (χ1) is 12.2. The van der Waals surface area contributed by atoms with Crippen LogP contribution in [0.15, 0.2) is 12.1 Å². The van der Waals surface area contributed by atoms with Crippen LogP contribution < -0.4 is 9.62 Å². The third-order valence-corrected chi connectivity index (χ3v) is 5.54. The minimum atomic E-state index is -3.57. The third-order valence-electron chi connectivity index (χ3n) is 4.43. The fourth-order valence-electron chi connectivity index (χ4n) is 3.29. The summed E-state index contributed by atoms with van der Waals surface area (Å²) in [6.45, 7) is 9.83. The Bertz CT molecular complexity index is 720. The van der Waals surface area contributed by atoms with Crippen LogP contribution in [0.5, 0.6) is 0 Å². The van der Waals surface area contributed by atoms with Gasteiger partial charge < -0.3 is 10.1 Å². The molecule has 0 bridgehead atoms. The lowest BCUT2D eigenvalue weighted by Crippen LogP contribution is -2.45. The number of sulfonamides is 1. The number of nitrogens with zero attached hydrogens (tertiary/aromatic N) is 2. The van der Waals surface area contributed by atoms with E-state index >= 15 is 0 Å². The molecule has 0 radical (unpaired) electrons. The van der Waals surface area contributed by atoms with Gasteiger partial charge in [0.15, 0.2) is 0 Å². The minimum Gasteiger partial charge on any atom is -0.379 e. The van der Waals surface area contributed by atoms with Crippen LogP contribution in [-0.4, -0.2) is 71.4 Å².